The molecule has 29 heavy (non-hydrogen) atoms. The first kappa shape index (κ1) is 20.2. The molecule has 9 heteroatoms. The van der Waals surface area contributed by atoms with E-state index in [4.69, 9.17) is 16.2 Å². The second kappa shape index (κ2) is 9.13. The number of benzene rings is 1. The predicted molar refractivity (Wildman–Crippen MR) is 106 cm³/mol. The standard InChI is InChI=1S/C20H22FN5O3/c21-17-16(12-29-20(28)25-19(22)23)5-8-24-18(17)26-9-6-15(7-10-26)14-3-1-13(11-27)2-4-14/h1-5,8,11,15H,6-7,9-10,12H2,(H4,22,23,25,28). The Bertz CT molecular complexity index is 905. The van der Waals surface area contributed by atoms with Crippen LogP contribution in [0.15, 0.2) is 41.5 Å². The fourth-order valence-corrected chi connectivity index (χ4v) is 3.35. The molecular formula is C20H22FN5O3. The van der Waals surface area contributed by atoms with Gasteiger partial charge in [-0.25, -0.2) is 14.2 Å². The second-order valence-electron chi connectivity index (χ2n) is 6.74. The van der Waals surface area contributed by atoms with Gasteiger partial charge in [0.2, 0.25) is 0 Å². The number of carbonyl (C=O) groups excluding carboxylic acids is 2. The Morgan fingerprint density at radius 2 is 1.93 bits per heavy atom. The minimum Gasteiger partial charge on any atom is -0.443 e. The van der Waals surface area contributed by atoms with Gasteiger partial charge >= 0.3 is 6.09 Å². The highest BCUT2D eigenvalue weighted by Crippen LogP contribution is 2.31. The Kier molecular flexibility index (Phi) is 6.38. The Morgan fingerprint density at radius 3 is 2.55 bits per heavy atom. The second-order valence-corrected chi connectivity index (χ2v) is 6.74. The first-order valence-electron chi connectivity index (χ1n) is 9.17. The predicted octanol–water partition coefficient (Wildman–Crippen LogP) is 2.33. The summed E-state index contributed by atoms with van der Waals surface area (Å²) in [5.41, 5.74) is 12.2. The Morgan fingerprint density at radius 1 is 1.24 bits per heavy atom. The molecule has 2 heterocycles. The summed E-state index contributed by atoms with van der Waals surface area (Å²) in [6, 6.07) is 9.00. The van der Waals surface area contributed by atoms with Gasteiger partial charge in [-0.15, -0.1) is 4.99 Å². The molecule has 0 spiro atoms. The lowest BCUT2D eigenvalue weighted by Crippen LogP contribution is -2.34. The number of nitrogens with two attached hydrogens (primary N) is 2. The average Bonchev–Trinajstić information content (AvgIpc) is 2.73. The molecule has 1 aliphatic rings. The van der Waals surface area contributed by atoms with Crippen LogP contribution in [0.3, 0.4) is 0 Å². The van der Waals surface area contributed by atoms with Crippen LogP contribution in [-0.4, -0.2) is 36.4 Å². The summed E-state index contributed by atoms with van der Waals surface area (Å²) in [5.74, 6) is -0.373. The molecule has 1 aromatic heterocycles. The van der Waals surface area contributed by atoms with Crippen LogP contribution in [-0.2, 0) is 11.3 Å². The van der Waals surface area contributed by atoms with Crippen LogP contribution in [0.2, 0.25) is 0 Å². The van der Waals surface area contributed by atoms with Crippen molar-refractivity contribution < 1.29 is 18.7 Å². The van der Waals surface area contributed by atoms with Crippen LogP contribution in [0.25, 0.3) is 0 Å². The molecule has 8 nitrogen and oxygen atoms in total. The summed E-state index contributed by atoms with van der Waals surface area (Å²) in [7, 11) is 0. The molecule has 1 aromatic carbocycles. The van der Waals surface area contributed by atoms with Gasteiger partial charge < -0.3 is 21.1 Å². The number of rotatable bonds is 5. The summed E-state index contributed by atoms with van der Waals surface area (Å²) < 4.78 is 19.7. The maximum atomic E-state index is 14.9. The molecule has 0 saturated carbocycles. The molecule has 1 saturated heterocycles. The molecule has 1 amide bonds. The molecular weight excluding hydrogens is 377 g/mol. The van der Waals surface area contributed by atoms with E-state index in [2.05, 4.69) is 9.98 Å². The number of aldehydes is 1. The van der Waals surface area contributed by atoms with Crippen molar-refractivity contribution in [2.45, 2.75) is 25.4 Å². The smallest absolute Gasteiger partial charge is 0.437 e. The number of halogens is 1. The van der Waals surface area contributed by atoms with Crippen molar-refractivity contribution in [1.29, 1.82) is 0 Å². The third kappa shape index (κ3) is 5.07. The van der Waals surface area contributed by atoms with Crippen LogP contribution in [0, 0.1) is 5.82 Å². The van der Waals surface area contributed by atoms with E-state index in [-0.39, 0.29) is 18.0 Å². The monoisotopic (exact) mass is 399 g/mol. The van der Waals surface area contributed by atoms with E-state index >= 15 is 0 Å². The van der Waals surface area contributed by atoms with Crippen molar-refractivity contribution in [3.63, 3.8) is 0 Å². The van der Waals surface area contributed by atoms with E-state index in [0.717, 1.165) is 19.1 Å². The molecule has 0 atom stereocenters. The normalized spacial score (nSPS) is 14.3. The molecule has 0 aliphatic carbocycles. The number of anilines is 1. The molecule has 0 unspecified atom stereocenters. The van der Waals surface area contributed by atoms with Crippen molar-refractivity contribution in [1.82, 2.24) is 4.98 Å². The van der Waals surface area contributed by atoms with E-state index in [1.165, 1.54) is 17.8 Å². The van der Waals surface area contributed by atoms with Crippen molar-refractivity contribution in [2.24, 2.45) is 16.5 Å². The highest BCUT2D eigenvalue weighted by Gasteiger charge is 2.24. The zero-order chi connectivity index (χ0) is 20.8. The number of piperidine rings is 1. The van der Waals surface area contributed by atoms with E-state index in [9.17, 15) is 14.0 Å². The van der Waals surface area contributed by atoms with Gasteiger partial charge in [0.05, 0.1) is 0 Å². The molecule has 0 radical (unpaired) electrons. The summed E-state index contributed by atoms with van der Waals surface area (Å²) in [6.07, 6.45) is 3.00. The largest absolute Gasteiger partial charge is 0.443 e. The van der Waals surface area contributed by atoms with Crippen molar-refractivity contribution in [2.75, 3.05) is 18.0 Å². The first-order valence-corrected chi connectivity index (χ1v) is 9.17. The van der Waals surface area contributed by atoms with Gasteiger partial charge in [0.1, 0.15) is 12.9 Å². The van der Waals surface area contributed by atoms with Gasteiger partial charge in [0.25, 0.3) is 0 Å². The zero-order valence-electron chi connectivity index (χ0n) is 15.8. The highest BCUT2D eigenvalue weighted by molar-refractivity contribution is 5.87. The Balaban J connectivity index is 1.63. The third-order valence-electron chi connectivity index (χ3n) is 4.86. The summed E-state index contributed by atoms with van der Waals surface area (Å²) in [5, 5.41) is 0. The molecule has 3 rings (SSSR count). The summed E-state index contributed by atoms with van der Waals surface area (Å²) in [4.78, 5) is 31.5. The topological polar surface area (TPSA) is 124 Å². The minimum atomic E-state index is -0.982. The van der Waals surface area contributed by atoms with Crippen LogP contribution in [0.4, 0.5) is 15.0 Å². The van der Waals surface area contributed by atoms with Crippen molar-refractivity contribution >= 4 is 24.2 Å². The lowest BCUT2D eigenvalue weighted by molar-refractivity contribution is 0.112. The number of pyridine rings is 1. The number of aromatic nitrogens is 1. The molecule has 1 aliphatic heterocycles. The Labute approximate surface area is 167 Å². The van der Waals surface area contributed by atoms with Crippen LogP contribution < -0.4 is 16.4 Å². The fourth-order valence-electron chi connectivity index (χ4n) is 3.35. The summed E-state index contributed by atoms with van der Waals surface area (Å²) in [6.45, 7) is 0.985. The van der Waals surface area contributed by atoms with E-state index in [0.29, 0.717) is 24.6 Å². The van der Waals surface area contributed by atoms with Gasteiger partial charge in [-0.1, -0.05) is 24.3 Å². The van der Waals surface area contributed by atoms with Gasteiger partial charge in [-0.3, -0.25) is 4.79 Å². The van der Waals surface area contributed by atoms with Gasteiger partial charge in [0.15, 0.2) is 17.6 Å². The van der Waals surface area contributed by atoms with Crippen LogP contribution >= 0.6 is 0 Å². The number of ether oxygens (including phenoxy) is 1. The molecule has 2 aromatic rings. The van der Waals surface area contributed by atoms with E-state index in [1.54, 1.807) is 0 Å². The maximum absolute atomic E-state index is 14.9. The quantitative estimate of drug-likeness (QED) is 0.449. The van der Waals surface area contributed by atoms with Gasteiger partial charge in [-0.2, -0.15) is 0 Å². The van der Waals surface area contributed by atoms with Crippen molar-refractivity contribution in [3.8, 4) is 0 Å². The number of guanidine groups is 1. The SMILES string of the molecule is NC(N)=NC(=O)OCc1ccnc(N2CCC(c3ccc(C=O)cc3)CC2)c1F. The van der Waals surface area contributed by atoms with Gasteiger partial charge in [-0.05, 0) is 30.4 Å². The maximum Gasteiger partial charge on any atom is 0.437 e. The highest BCUT2D eigenvalue weighted by atomic mass is 19.1. The number of aliphatic imine (C=N–C) groups is 1. The fraction of sp³-hybridized carbons (Fsp3) is 0.300. The number of nitrogens with zero attached hydrogens (tertiary/aromatic N) is 3. The van der Waals surface area contributed by atoms with Gasteiger partial charge in [0, 0.05) is 30.4 Å². The summed E-state index contributed by atoms with van der Waals surface area (Å²) >= 11 is 0. The third-order valence-corrected chi connectivity index (χ3v) is 4.86. The Hall–Kier alpha value is -3.49. The van der Waals surface area contributed by atoms with Crippen LogP contribution in [0.5, 0.6) is 0 Å². The molecule has 152 valence electrons. The van der Waals surface area contributed by atoms with E-state index < -0.39 is 17.9 Å². The first-order chi connectivity index (χ1) is 14.0. The number of hydrogen-bond acceptors (Lipinski definition) is 5. The lowest BCUT2D eigenvalue weighted by Gasteiger charge is -2.33. The molecule has 0 bridgehead atoms. The number of carbonyl (C=O) groups is 2. The van der Waals surface area contributed by atoms with Crippen LogP contribution in [0.1, 0.15) is 40.2 Å². The zero-order valence-corrected chi connectivity index (χ0v) is 15.8. The van der Waals surface area contributed by atoms with E-state index in [1.807, 2.05) is 29.2 Å². The lowest BCUT2D eigenvalue weighted by atomic mass is 9.89. The number of amides is 1. The molecule has 4 N–H and O–H groups in total. The average molecular weight is 399 g/mol. The minimum absolute atomic E-state index is 0.195. The molecule has 1 fully saturated rings. The number of hydrogen-bond donors (Lipinski definition) is 2. The van der Waals surface area contributed by atoms with Crippen molar-refractivity contribution in [3.05, 3.63) is 59.0 Å².